The van der Waals surface area contributed by atoms with Crippen molar-refractivity contribution in [2.75, 3.05) is 25.1 Å². The van der Waals surface area contributed by atoms with Crippen LogP contribution in [0.4, 0.5) is 18.9 Å². The molecule has 1 aliphatic heterocycles. The fourth-order valence-corrected chi connectivity index (χ4v) is 8.04. The number of aromatic nitrogens is 2. The number of nitrogens with zero attached hydrogens (tertiary/aromatic N) is 3. The van der Waals surface area contributed by atoms with Gasteiger partial charge >= 0.3 is 5.97 Å². The van der Waals surface area contributed by atoms with Crippen molar-refractivity contribution in [3.63, 3.8) is 0 Å². The molecule has 0 bridgehead atoms. The zero-order valence-electron chi connectivity index (χ0n) is 26.2. The van der Waals surface area contributed by atoms with E-state index in [1.54, 1.807) is 48.5 Å². The maximum absolute atomic E-state index is 15.1. The number of aliphatic hydroxyl groups excluding tert-OH is 1. The lowest BCUT2D eigenvalue weighted by atomic mass is 9.96. The van der Waals surface area contributed by atoms with E-state index < -0.39 is 34.3 Å². The van der Waals surface area contributed by atoms with Crippen LogP contribution in [0.1, 0.15) is 22.3 Å². The molecule has 1 saturated heterocycles. The second-order valence-corrected chi connectivity index (χ2v) is 13.9. The standard InChI is InChI=1S/C37H27ClF3N3O5S/c1-49-37(46)24-9-13-28(30(38)17-24)22-4-2-5-23(16-22)35-33(34-32(6-3-15-42-34)43-19-26(45)20-43)29-18-25(39)10-14-31(29)44(35)50(47,48)27-11-7-21(8-12-27)36(40)41/h2-18,26,36,45H,19-20H2,1H3. The van der Waals surface area contributed by atoms with Crippen LogP contribution in [0.5, 0.6) is 0 Å². The van der Waals surface area contributed by atoms with Gasteiger partial charge in [0.2, 0.25) is 0 Å². The quantitative estimate of drug-likeness (QED) is 0.159. The molecule has 0 aliphatic carbocycles. The number of esters is 1. The number of benzene rings is 4. The van der Waals surface area contributed by atoms with Crippen molar-refractivity contribution in [1.29, 1.82) is 0 Å². The SMILES string of the molecule is COC(=O)c1ccc(-c2cccc(-c3c(-c4ncccc4N4CC(O)C4)c4cc(F)ccc4n3S(=O)(=O)c3ccc(C(F)F)cc3)c2)c(Cl)c1. The van der Waals surface area contributed by atoms with Crippen LogP contribution in [0.2, 0.25) is 5.02 Å². The van der Waals surface area contributed by atoms with Crippen LogP contribution in [0, 0.1) is 5.82 Å². The summed E-state index contributed by atoms with van der Waals surface area (Å²) in [5.41, 5.74) is 2.89. The Hall–Kier alpha value is -5.17. The number of ether oxygens (including phenoxy) is 1. The Morgan fingerprint density at radius 2 is 1.70 bits per heavy atom. The Bertz CT molecular complexity index is 2390. The lowest BCUT2D eigenvalue weighted by molar-refractivity contribution is 0.0600. The van der Waals surface area contributed by atoms with Crippen LogP contribution in [0.15, 0.2) is 108 Å². The minimum absolute atomic E-state index is 0.125. The minimum Gasteiger partial charge on any atom is -0.465 e. The van der Waals surface area contributed by atoms with Crippen LogP contribution in [-0.4, -0.2) is 54.8 Å². The molecule has 0 atom stereocenters. The van der Waals surface area contributed by atoms with Gasteiger partial charge in [-0.1, -0.05) is 48.0 Å². The van der Waals surface area contributed by atoms with Gasteiger partial charge in [0.25, 0.3) is 16.4 Å². The van der Waals surface area contributed by atoms with Gasteiger partial charge in [-0.3, -0.25) is 4.98 Å². The normalized spacial score (nSPS) is 13.5. The summed E-state index contributed by atoms with van der Waals surface area (Å²) in [5.74, 6) is -1.19. The number of hydrogen-bond donors (Lipinski definition) is 1. The molecule has 2 aromatic heterocycles. The highest BCUT2D eigenvalue weighted by Crippen LogP contribution is 2.46. The van der Waals surface area contributed by atoms with Crippen molar-refractivity contribution in [2.45, 2.75) is 17.4 Å². The lowest BCUT2D eigenvalue weighted by Gasteiger charge is -2.38. The Morgan fingerprint density at radius 3 is 2.38 bits per heavy atom. The number of hydrogen-bond acceptors (Lipinski definition) is 7. The average Bonchev–Trinajstić information content (AvgIpc) is 3.45. The van der Waals surface area contributed by atoms with Gasteiger partial charge in [0, 0.05) is 51.9 Å². The number of alkyl halides is 2. The van der Waals surface area contributed by atoms with Gasteiger partial charge in [0.1, 0.15) is 5.82 Å². The highest BCUT2D eigenvalue weighted by molar-refractivity contribution is 7.90. The molecule has 1 N–H and O–H groups in total. The topological polar surface area (TPSA) is 102 Å². The third-order valence-electron chi connectivity index (χ3n) is 8.62. The molecule has 4 aromatic carbocycles. The molecule has 0 saturated carbocycles. The predicted molar refractivity (Wildman–Crippen MR) is 185 cm³/mol. The fourth-order valence-electron chi connectivity index (χ4n) is 6.20. The molecule has 0 radical (unpaired) electrons. The van der Waals surface area contributed by atoms with Crippen molar-refractivity contribution < 1.29 is 36.2 Å². The smallest absolute Gasteiger partial charge is 0.337 e. The number of rotatable bonds is 8. The van der Waals surface area contributed by atoms with E-state index in [-0.39, 0.29) is 37.6 Å². The van der Waals surface area contributed by atoms with Gasteiger partial charge in [-0.15, -0.1) is 0 Å². The Kier molecular flexibility index (Phi) is 8.63. The van der Waals surface area contributed by atoms with Crippen LogP contribution >= 0.6 is 11.6 Å². The minimum atomic E-state index is -4.53. The first-order chi connectivity index (χ1) is 24.0. The van der Waals surface area contributed by atoms with E-state index in [1.807, 2.05) is 4.90 Å². The number of aliphatic hydroxyl groups is 1. The van der Waals surface area contributed by atoms with Crippen molar-refractivity contribution in [3.8, 4) is 33.6 Å². The molecule has 50 heavy (non-hydrogen) atoms. The summed E-state index contributed by atoms with van der Waals surface area (Å²) in [4.78, 5) is 18.4. The Morgan fingerprint density at radius 1 is 0.960 bits per heavy atom. The van der Waals surface area contributed by atoms with Crippen LogP contribution in [-0.2, 0) is 14.8 Å². The summed E-state index contributed by atoms with van der Waals surface area (Å²) < 4.78 is 77.2. The van der Waals surface area contributed by atoms with Gasteiger partial charge in [-0.05, 0) is 66.2 Å². The summed E-state index contributed by atoms with van der Waals surface area (Å²) in [6.45, 7) is 0.622. The molecule has 6 aromatic rings. The van der Waals surface area contributed by atoms with Crippen molar-refractivity contribution in [3.05, 3.63) is 125 Å². The van der Waals surface area contributed by atoms with E-state index in [0.717, 1.165) is 34.3 Å². The number of carbonyl (C=O) groups excluding carboxylic acids is 1. The van der Waals surface area contributed by atoms with Gasteiger partial charge in [-0.2, -0.15) is 0 Å². The molecule has 0 amide bonds. The van der Waals surface area contributed by atoms with Gasteiger partial charge in [0.15, 0.2) is 0 Å². The van der Waals surface area contributed by atoms with E-state index >= 15 is 4.39 Å². The Balaban J connectivity index is 1.54. The van der Waals surface area contributed by atoms with Crippen LogP contribution in [0.3, 0.4) is 0 Å². The molecule has 254 valence electrons. The molecule has 0 unspecified atom stereocenters. The van der Waals surface area contributed by atoms with E-state index in [0.29, 0.717) is 46.7 Å². The van der Waals surface area contributed by atoms with E-state index in [9.17, 15) is 27.1 Å². The molecule has 3 heterocycles. The Labute approximate surface area is 290 Å². The number of halogens is 4. The van der Waals surface area contributed by atoms with Crippen molar-refractivity contribution >= 4 is 44.2 Å². The van der Waals surface area contributed by atoms with Gasteiger partial charge < -0.3 is 14.7 Å². The summed E-state index contributed by atoms with van der Waals surface area (Å²) >= 11 is 6.64. The lowest BCUT2D eigenvalue weighted by Crippen LogP contribution is -2.51. The number of anilines is 1. The largest absolute Gasteiger partial charge is 0.465 e. The second kappa shape index (κ2) is 12.9. The zero-order valence-corrected chi connectivity index (χ0v) is 27.8. The summed E-state index contributed by atoms with van der Waals surface area (Å²) in [7, 11) is -3.28. The number of β-amino-alcohol motifs (C(OH)–C–C–N with tert-alkyl or cyclic N) is 1. The maximum atomic E-state index is 15.1. The van der Waals surface area contributed by atoms with E-state index in [4.69, 9.17) is 16.3 Å². The number of pyridine rings is 1. The first-order valence-corrected chi connectivity index (χ1v) is 17.1. The van der Waals surface area contributed by atoms with Gasteiger partial charge in [0.05, 0.1) is 46.3 Å². The monoisotopic (exact) mass is 717 g/mol. The molecule has 0 spiro atoms. The van der Waals surface area contributed by atoms with E-state index in [1.165, 1.54) is 31.5 Å². The third-order valence-corrected chi connectivity index (χ3v) is 10.7. The number of methoxy groups -OCH3 is 1. The molecule has 1 fully saturated rings. The van der Waals surface area contributed by atoms with Crippen molar-refractivity contribution in [2.24, 2.45) is 0 Å². The number of carbonyl (C=O) groups is 1. The molecular formula is C37H27ClF3N3O5S. The molecular weight excluding hydrogens is 691 g/mol. The van der Waals surface area contributed by atoms with Crippen LogP contribution < -0.4 is 4.90 Å². The fraction of sp³-hybridized carbons (Fsp3) is 0.135. The highest BCUT2D eigenvalue weighted by Gasteiger charge is 2.33. The number of fused-ring (bicyclic) bond motifs is 1. The molecule has 13 heteroatoms. The highest BCUT2D eigenvalue weighted by atomic mass is 35.5. The summed E-state index contributed by atoms with van der Waals surface area (Å²) in [6.07, 6.45) is -1.83. The maximum Gasteiger partial charge on any atom is 0.337 e. The summed E-state index contributed by atoms with van der Waals surface area (Å²) in [5, 5.41) is 10.6. The first kappa shape index (κ1) is 33.3. The summed E-state index contributed by atoms with van der Waals surface area (Å²) in [6, 6.07) is 23.1. The predicted octanol–water partition coefficient (Wildman–Crippen LogP) is 7.97. The molecule has 7 rings (SSSR count). The van der Waals surface area contributed by atoms with Crippen LogP contribution in [0.25, 0.3) is 44.5 Å². The molecule has 8 nitrogen and oxygen atoms in total. The zero-order chi connectivity index (χ0) is 35.3. The third kappa shape index (κ3) is 5.78. The van der Waals surface area contributed by atoms with Crippen molar-refractivity contribution in [1.82, 2.24) is 8.96 Å². The molecule has 1 aliphatic rings. The van der Waals surface area contributed by atoms with Gasteiger partial charge in [-0.25, -0.2) is 30.4 Å². The van der Waals surface area contributed by atoms with E-state index in [2.05, 4.69) is 4.98 Å². The second-order valence-electron chi connectivity index (χ2n) is 11.7. The first-order valence-electron chi connectivity index (χ1n) is 15.3. The average molecular weight is 718 g/mol.